The fourth-order valence-electron chi connectivity index (χ4n) is 1.05. The first-order valence-corrected chi connectivity index (χ1v) is 5.50. The first-order chi connectivity index (χ1) is 7.35. The number of rotatable bonds is 4. The molecule has 0 heterocycles. The number of hydrogen-bond acceptors (Lipinski definition) is 4. The van der Waals surface area contributed by atoms with Gasteiger partial charge in [0.15, 0.2) is 11.6 Å². The van der Waals surface area contributed by atoms with E-state index in [0.29, 0.717) is 0 Å². The van der Waals surface area contributed by atoms with Crippen molar-refractivity contribution >= 4 is 10.3 Å². The molecule has 1 rings (SSSR count). The van der Waals surface area contributed by atoms with Crippen molar-refractivity contribution in [1.82, 2.24) is 0 Å². The van der Waals surface area contributed by atoms with Crippen molar-refractivity contribution in [1.29, 1.82) is 0 Å². The average Bonchev–Trinajstić information content (AvgIpc) is 2.18. The Morgan fingerprint density at radius 1 is 1.38 bits per heavy atom. The van der Waals surface area contributed by atoms with Crippen LogP contribution < -0.4 is 9.88 Å². The highest BCUT2D eigenvalue weighted by molar-refractivity contribution is 7.84. The summed E-state index contributed by atoms with van der Waals surface area (Å²) in [5, 5.41) is 4.58. The van der Waals surface area contributed by atoms with Crippen LogP contribution in [0, 0.1) is 11.6 Å². The van der Waals surface area contributed by atoms with E-state index in [1.807, 2.05) is 0 Å². The number of hydrogen-bond donors (Lipinski definition) is 1. The zero-order valence-corrected chi connectivity index (χ0v) is 9.05. The predicted octanol–water partition coefficient (Wildman–Crippen LogP) is 0.693. The fourth-order valence-corrected chi connectivity index (χ4v) is 1.34. The second-order valence-corrected chi connectivity index (χ2v) is 4.03. The van der Waals surface area contributed by atoms with Crippen molar-refractivity contribution in [2.45, 2.75) is 6.61 Å². The highest BCUT2D eigenvalue weighted by atomic mass is 32.2. The van der Waals surface area contributed by atoms with Crippen LogP contribution >= 0.6 is 0 Å². The van der Waals surface area contributed by atoms with E-state index < -0.39 is 34.3 Å². The Morgan fingerprint density at radius 3 is 2.50 bits per heavy atom. The lowest BCUT2D eigenvalue weighted by atomic mass is 10.2. The molecule has 0 radical (unpaired) electrons. The summed E-state index contributed by atoms with van der Waals surface area (Å²) in [4.78, 5) is 0. The maximum Gasteiger partial charge on any atom is 0.333 e. The molecule has 0 amide bonds. The third-order valence-electron chi connectivity index (χ3n) is 1.71. The van der Waals surface area contributed by atoms with Gasteiger partial charge < -0.3 is 4.74 Å². The van der Waals surface area contributed by atoms with Gasteiger partial charge in [-0.1, -0.05) is 0 Å². The van der Waals surface area contributed by atoms with E-state index in [9.17, 15) is 17.2 Å². The molecular weight excluding hydrogens is 244 g/mol. The minimum atomic E-state index is -4.14. The average molecular weight is 253 g/mol. The summed E-state index contributed by atoms with van der Waals surface area (Å²) in [6, 6.07) is 1.97. The Morgan fingerprint density at radius 2 is 2.00 bits per heavy atom. The molecular formula is C8H9F2NO4S. The summed E-state index contributed by atoms with van der Waals surface area (Å²) < 4.78 is 55.8. The normalized spacial score (nSPS) is 11.5. The predicted molar refractivity (Wildman–Crippen MR) is 50.8 cm³/mol. The molecule has 0 spiro atoms. The minimum absolute atomic E-state index is 0.0374. The zero-order valence-electron chi connectivity index (χ0n) is 8.24. The van der Waals surface area contributed by atoms with Gasteiger partial charge in [0.2, 0.25) is 5.82 Å². The third kappa shape index (κ3) is 3.12. The minimum Gasteiger partial charge on any atom is -0.493 e. The summed E-state index contributed by atoms with van der Waals surface area (Å²) in [5.74, 6) is -2.72. The molecule has 0 saturated heterocycles. The maximum atomic E-state index is 13.1. The monoisotopic (exact) mass is 253 g/mol. The van der Waals surface area contributed by atoms with Crippen LogP contribution in [0.5, 0.6) is 5.75 Å². The van der Waals surface area contributed by atoms with Gasteiger partial charge in [0.1, 0.15) is 0 Å². The SMILES string of the molecule is COc1c(COS(N)(=O)=O)ccc(F)c1F. The first kappa shape index (κ1) is 12.8. The van der Waals surface area contributed by atoms with E-state index in [1.54, 1.807) is 0 Å². The third-order valence-corrected chi connectivity index (χ3v) is 2.16. The lowest BCUT2D eigenvalue weighted by molar-refractivity contribution is 0.294. The van der Waals surface area contributed by atoms with Crippen LogP contribution in [0.4, 0.5) is 8.78 Å². The summed E-state index contributed by atoms with van der Waals surface area (Å²) in [6.07, 6.45) is 0. The van der Waals surface area contributed by atoms with E-state index in [2.05, 4.69) is 14.1 Å². The molecule has 0 aliphatic heterocycles. The van der Waals surface area contributed by atoms with Crippen molar-refractivity contribution in [3.63, 3.8) is 0 Å². The lowest BCUT2D eigenvalue weighted by Gasteiger charge is -2.09. The molecule has 0 unspecified atom stereocenters. The summed E-state index contributed by atoms with van der Waals surface area (Å²) in [7, 11) is -3.02. The van der Waals surface area contributed by atoms with Crippen molar-refractivity contribution in [3.05, 3.63) is 29.3 Å². The Bertz CT molecular complexity index is 489. The molecule has 5 nitrogen and oxygen atoms in total. The molecule has 0 aliphatic carbocycles. The molecule has 0 aliphatic rings. The van der Waals surface area contributed by atoms with Crippen LogP contribution in [0.15, 0.2) is 12.1 Å². The second-order valence-electron chi connectivity index (χ2n) is 2.81. The maximum absolute atomic E-state index is 13.1. The van der Waals surface area contributed by atoms with Gasteiger partial charge in [-0.05, 0) is 12.1 Å². The fraction of sp³-hybridized carbons (Fsp3) is 0.250. The van der Waals surface area contributed by atoms with Crippen LogP contribution in [0.25, 0.3) is 0 Å². The van der Waals surface area contributed by atoms with Gasteiger partial charge in [-0.15, -0.1) is 0 Å². The molecule has 0 bridgehead atoms. The van der Waals surface area contributed by atoms with Crippen molar-refractivity contribution in [2.24, 2.45) is 5.14 Å². The van der Waals surface area contributed by atoms with Crippen molar-refractivity contribution in [3.8, 4) is 5.75 Å². The molecule has 8 heteroatoms. The molecule has 90 valence electrons. The van der Waals surface area contributed by atoms with Crippen LogP contribution in [0.2, 0.25) is 0 Å². The van der Waals surface area contributed by atoms with Crippen LogP contribution in [-0.2, 0) is 21.1 Å². The molecule has 1 aromatic rings. The number of nitrogens with two attached hydrogens (primary N) is 1. The van der Waals surface area contributed by atoms with E-state index >= 15 is 0 Å². The van der Waals surface area contributed by atoms with E-state index in [-0.39, 0.29) is 5.56 Å². The Hall–Kier alpha value is -1.25. The highest BCUT2D eigenvalue weighted by Gasteiger charge is 2.15. The second kappa shape index (κ2) is 4.73. The molecule has 0 fully saturated rings. The van der Waals surface area contributed by atoms with Crippen molar-refractivity contribution in [2.75, 3.05) is 7.11 Å². The molecule has 0 atom stereocenters. The number of ether oxygens (including phenoxy) is 1. The van der Waals surface area contributed by atoms with Gasteiger partial charge in [0.25, 0.3) is 0 Å². The molecule has 0 aromatic heterocycles. The Kier molecular flexibility index (Phi) is 3.79. The van der Waals surface area contributed by atoms with Gasteiger partial charge in [0.05, 0.1) is 13.7 Å². The Labute approximate surface area is 91.0 Å². The van der Waals surface area contributed by atoms with Crippen molar-refractivity contribution < 1.29 is 26.1 Å². The van der Waals surface area contributed by atoms with E-state index in [1.165, 1.54) is 0 Å². The molecule has 16 heavy (non-hydrogen) atoms. The van der Waals surface area contributed by atoms with Gasteiger partial charge >= 0.3 is 10.3 Å². The summed E-state index contributed by atoms with van der Waals surface area (Å²) in [6.45, 7) is -0.529. The molecule has 1 aromatic carbocycles. The standard InChI is InChI=1S/C8H9F2NO4S/c1-14-8-5(4-15-16(11,12)13)2-3-6(9)7(8)10/h2-3H,4H2,1H3,(H2,11,12,13). The van der Waals surface area contributed by atoms with E-state index in [4.69, 9.17) is 0 Å². The highest BCUT2D eigenvalue weighted by Crippen LogP contribution is 2.25. The van der Waals surface area contributed by atoms with E-state index in [0.717, 1.165) is 19.2 Å². The first-order valence-electron chi connectivity index (χ1n) is 4.03. The van der Waals surface area contributed by atoms with Gasteiger partial charge in [0, 0.05) is 5.56 Å². The number of halogens is 2. The number of methoxy groups -OCH3 is 1. The van der Waals surface area contributed by atoms with Gasteiger partial charge in [-0.25, -0.2) is 9.53 Å². The smallest absolute Gasteiger partial charge is 0.333 e. The largest absolute Gasteiger partial charge is 0.493 e. The van der Waals surface area contributed by atoms with Gasteiger partial charge in [-0.2, -0.15) is 12.8 Å². The van der Waals surface area contributed by atoms with Gasteiger partial charge in [-0.3, -0.25) is 4.18 Å². The lowest BCUT2D eigenvalue weighted by Crippen LogP contribution is -2.16. The molecule has 2 N–H and O–H groups in total. The topological polar surface area (TPSA) is 78.6 Å². The van der Waals surface area contributed by atoms with Crippen LogP contribution in [0.1, 0.15) is 5.56 Å². The Balaban J connectivity index is 3.01. The van der Waals surface area contributed by atoms with Crippen LogP contribution in [-0.4, -0.2) is 15.5 Å². The zero-order chi connectivity index (χ0) is 12.3. The number of benzene rings is 1. The summed E-state index contributed by atoms with van der Waals surface area (Å²) in [5.41, 5.74) is 0.0374. The quantitative estimate of drug-likeness (QED) is 0.856. The van der Waals surface area contributed by atoms with Crippen LogP contribution in [0.3, 0.4) is 0 Å². The summed E-state index contributed by atoms with van der Waals surface area (Å²) >= 11 is 0. The molecule has 0 saturated carbocycles.